The molecule has 8 heteroatoms. The molecule has 1 aliphatic carbocycles. The largest absolute Gasteiger partial charge is 0.478 e. The number of rotatable bonds is 9. The number of benzene rings is 2. The molecule has 0 radical (unpaired) electrons. The van der Waals surface area contributed by atoms with Gasteiger partial charge in [0.2, 0.25) is 0 Å². The third-order valence-electron chi connectivity index (χ3n) is 7.61. The highest BCUT2D eigenvalue weighted by Gasteiger charge is 2.28. The van der Waals surface area contributed by atoms with E-state index in [0.717, 1.165) is 48.3 Å². The van der Waals surface area contributed by atoms with Crippen LogP contribution >= 0.6 is 11.6 Å². The molecule has 0 bridgehead atoms. The van der Waals surface area contributed by atoms with Crippen molar-refractivity contribution in [3.63, 3.8) is 0 Å². The number of carboxylic acids is 1. The van der Waals surface area contributed by atoms with Crippen molar-refractivity contribution < 1.29 is 23.1 Å². The third kappa shape index (κ3) is 6.04. The molecule has 0 spiro atoms. The van der Waals surface area contributed by atoms with Crippen LogP contribution in [0.25, 0.3) is 11.1 Å². The van der Waals surface area contributed by atoms with Crippen molar-refractivity contribution in [2.75, 3.05) is 26.3 Å². The van der Waals surface area contributed by atoms with Gasteiger partial charge < -0.3 is 10.0 Å². The molecule has 1 saturated heterocycles. The fourth-order valence-corrected chi connectivity index (χ4v) is 5.94. The standard InChI is InChI=1S/C31H30ClF3N2O2/c32-24-15-27(30(34)35)29(36-16-24)26-4-1-3-22-14-23(31(38)39)9-10-25(22)28(26)21-7-5-19(6-8-21)13-20-17-37(18-20)12-2-11-33/h5-10,14-16,20,30H,1-4,11-13,17-18H2,(H,38,39). The zero-order valence-corrected chi connectivity index (χ0v) is 22.2. The van der Waals surface area contributed by atoms with Crippen LogP contribution in [0.15, 0.2) is 54.7 Å². The predicted octanol–water partition coefficient (Wildman–Crippen LogP) is 7.50. The van der Waals surface area contributed by atoms with Crippen LogP contribution in [0.3, 0.4) is 0 Å². The van der Waals surface area contributed by atoms with Gasteiger partial charge in [-0.15, -0.1) is 0 Å². The summed E-state index contributed by atoms with van der Waals surface area (Å²) in [4.78, 5) is 18.3. The van der Waals surface area contributed by atoms with E-state index in [-0.39, 0.29) is 28.5 Å². The summed E-state index contributed by atoms with van der Waals surface area (Å²) in [5.74, 6) is -0.471. The van der Waals surface area contributed by atoms with E-state index in [1.165, 1.54) is 17.8 Å². The fourth-order valence-electron chi connectivity index (χ4n) is 5.77. The van der Waals surface area contributed by atoms with Crippen LogP contribution in [-0.2, 0) is 12.8 Å². The molecule has 0 unspecified atom stereocenters. The number of aryl methyl sites for hydroxylation is 1. The van der Waals surface area contributed by atoms with Crippen molar-refractivity contribution in [1.82, 2.24) is 9.88 Å². The van der Waals surface area contributed by atoms with Gasteiger partial charge in [0.25, 0.3) is 6.43 Å². The van der Waals surface area contributed by atoms with E-state index >= 15 is 0 Å². The van der Waals surface area contributed by atoms with E-state index in [9.17, 15) is 23.1 Å². The van der Waals surface area contributed by atoms with Crippen molar-refractivity contribution >= 4 is 28.7 Å². The Morgan fingerprint density at radius 2 is 1.87 bits per heavy atom. The van der Waals surface area contributed by atoms with Gasteiger partial charge in [0.1, 0.15) is 0 Å². The Balaban J connectivity index is 1.55. The first-order valence-corrected chi connectivity index (χ1v) is 13.6. The van der Waals surface area contributed by atoms with Gasteiger partial charge in [0.15, 0.2) is 0 Å². The molecule has 1 fully saturated rings. The molecular formula is C31H30ClF3N2O2. The lowest BCUT2D eigenvalue weighted by molar-refractivity contribution is 0.0696. The molecule has 1 aliphatic heterocycles. The molecule has 2 heterocycles. The van der Waals surface area contributed by atoms with Crippen molar-refractivity contribution in [3.8, 4) is 0 Å². The maximum Gasteiger partial charge on any atom is 0.335 e. The number of carbonyl (C=O) groups is 1. The number of hydrogen-bond donors (Lipinski definition) is 1. The SMILES string of the molecule is O=C(O)c1ccc2c(c1)CCCC(c1ncc(Cl)cc1C(F)F)=C2c1ccc(CC2CN(CCCF)C2)cc1. The molecule has 0 atom stereocenters. The van der Waals surface area contributed by atoms with Crippen molar-refractivity contribution in [2.45, 2.75) is 38.5 Å². The molecule has 5 rings (SSSR count). The van der Waals surface area contributed by atoms with Crippen molar-refractivity contribution in [2.24, 2.45) is 5.92 Å². The number of fused-ring (bicyclic) bond motifs is 1. The molecule has 1 aromatic heterocycles. The second-order valence-electron chi connectivity index (χ2n) is 10.3. The van der Waals surface area contributed by atoms with E-state index in [1.54, 1.807) is 18.2 Å². The van der Waals surface area contributed by atoms with E-state index in [2.05, 4.69) is 22.0 Å². The summed E-state index contributed by atoms with van der Waals surface area (Å²) in [7, 11) is 0. The van der Waals surface area contributed by atoms with Crippen LogP contribution in [0.5, 0.6) is 0 Å². The molecule has 0 amide bonds. The van der Waals surface area contributed by atoms with Crippen LogP contribution in [0.2, 0.25) is 5.02 Å². The number of halogens is 4. The zero-order chi connectivity index (χ0) is 27.5. The molecule has 0 saturated carbocycles. The van der Waals surface area contributed by atoms with Crippen LogP contribution in [0.4, 0.5) is 13.2 Å². The van der Waals surface area contributed by atoms with Crippen LogP contribution < -0.4 is 0 Å². The lowest BCUT2D eigenvalue weighted by Crippen LogP contribution is -2.47. The molecule has 4 nitrogen and oxygen atoms in total. The summed E-state index contributed by atoms with van der Waals surface area (Å²) in [5, 5.41) is 9.69. The second-order valence-corrected chi connectivity index (χ2v) is 10.8. The van der Waals surface area contributed by atoms with Gasteiger partial charge in [-0.05, 0) is 89.6 Å². The average Bonchev–Trinajstić information content (AvgIpc) is 3.09. The van der Waals surface area contributed by atoms with Crippen molar-refractivity contribution in [1.29, 1.82) is 0 Å². The Bertz CT molecular complexity index is 1390. The second kappa shape index (κ2) is 11.9. The van der Waals surface area contributed by atoms with Gasteiger partial charge >= 0.3 is 5.97 Å². The number of aromatic carboxylic acids is 1. The first kappa shape index (κ1) is 27.4. The number of hydrogen-bond acceptors (Lipinski definition) is 3. The number of nitrogens with zero attached hydrogens (tertiary/aromatic N) is 2. The molecule has 2 aliphatic rings. The minimum absolute atomic E-state index is 0.153. The fraction of sp³-hybridized carbons (Fsp3) is 0.355. The summed E-state index contributed by atoms with van der Waals surface area (Å²) in [6.45, 7) is 2.45. The summed E-state index contributed by atoms with van der Waals surface area (Å²) in [6, 6.07) is 14.5. The Morgan fingerprint density at radius 1 is 1.10 bits per heavy atom. The monoisotopic (exact) mass is 554 g/mol. The number of likely N-dealkylation sites (tertiary alicyclic amines) is 1. The highest BCUT2D eigenvalue weighted by Crippen LogP contribution is 2.42. The van der Waals surface area contributed by atoms with Gasteiger partial charge in [-0.2, -0.15) is 0 Å². The molecule has 2 aromatic carbocycles. The van der Waals surface area contributed by atoms with Crippen LogP contribution in [0.1, 0.15) is 69.6 Å². The smallest absolute Gasteiger partial charge is 0.335 e. The zero-order valence-electron chi connectivity index (χ0n) is 21.5. The Morgan fingerprint density at radius 3 is 2.56 bits per heavy atom. The highest BCUT2D eigenvalue weighted by molar-refractivity contribution is 6.30. The van der Waals surface area contributed by atoms with Crippen LogP contribution in [0, 0.1) is 5.92 Å². The summed E-state index contributed by atoms with van der Waals surface area (Å²) >= 11 is 6.04. The average molecular weight is 555 g/mol. The quantitative estimate of drug-likeness (QED) is 0.297. The molecular weight excluding hydrogens is 525 g/mol. The van der Waals surface area contributed by atoms with E-state index in [0.29, 0.717) is 37.2 Å². The molecule has 204 valence electrons. The molecule has 39 heavy (non-hydrogen) atoms. The number of alkyl halides is 3. The Labute approximate surface area is 231 Å². The first-order chi connectivity index (χ1) is 18.8. The van der Waals surface area contributed by atoms with E-state index < -0.39 is 12.4 Å². The van der Waals surface area contributed by atoms with Crippen LogP contribution in [-0.4, -0.2) is 47.3 Å². The first-order valence-electron chi connectivity index (χ1n) is 13.3. The van der Waals surface area contributed by atoms with E-state index in [4.69, 9.17) is 11.6 Å². The van der Waals surface area contributed by atoms with Gasteiger partial charge in [-0.25, -0.2) is 13.6 Å². The van der Waals surface area contributed by atoms with Gasteiger partial charge in [0.05, 0.1) is 23.0 Å². The maximum atomic E-state index is 14.1. The predicted molar refractivity (Wildman–Crippen MR) is 147 cm³/mol. The molecule has 3 aromatic rings. The van der Waals surface area contributed by atoms with Gasteiger partial charge in [-0.3, -0.25) is 9.37 Å². The topological polar surface area (TPSA) is 53.4 Å². The minimum atomic E-state index is -2.74. The number of aromatic nitrogens is 1. The number of allylic oxidation sites excluding steroid dienone is 1. The Hall–Kier alpha value is -3.16. The summed E-state index contributed by atoms with van der Waals surface area (Å²) in [6.07, 6.45) is 1.95. The normalized spacial score (nSPS) is 16.2. The number of carboxylic acid groups (broad SMARTS) is 1. The highest BCUT2D eigenvalue weighted by atomic mass is 35.5. The van der Waals surface area contributed by atoms with Crippen molar-refractivity contribution in [3.05, 3.63) is 98.8 Å². The van der Waals surface area contributed by atoms with E-state index in [1.807, 2.05) is 12.1 Å². The Kier molecular flexibility index (Phi) is 8.38. The molecule has 1 N–H and O–H groups in total. The maximum absolute atomic E-state index is 14.1. The lowest BCUT2D eigenvalue weighted by Gasteiger charge is -2.39. The van der Waals surface area contributed by atoms with Gasteiger partial charge in [-0.1, -0.05) is 41.9 Å². The lowest BCUT2D eigenvalue weighted by atomic mass is 9.86. The summed E-state index contributed by atoms with van der Waals surface area (Å²) in [5.41, 5.74) is 5.48. The number of pyridine rings is 1. The summed E-state index contributed by atoms with van der Waals surface area (Å²) < 4.78 is 40.7. The minimum Gasteiger partial charge on any atom is -0.478 e. The third-order valence-corrected chi connectivity index (χ3v) is 7.82. The van der Waals surface area contributed by atoms with Gasteiger partial charge in [0, 0.05) is 31.4 Å².